The first-order valence-electron chi connectivity index (χ1n) is 5.84. The third-order valence-electron chi connectivity index (χ3n) is 3.22. The van der Waals surface area contributed by atoms with E-state index in [2.05, 4.69) is 0 Å². The van der Waals surface area contributed by atoms with Crippen molar-refractivity contribution in [2.24, 2.45) is 11.7 Å². The highest BCUT2D eigenvalue weighted by atomic mass is 19.1. The standard InChI is InChI=1S/C13H16FNO2/c14-11-3-2-10(8-16)13(6-11)17-12-4-1-9(5-12)7-15/h2-3,6,8-9,12H,1,4-5,7,15H2. The third-order valence-corrected chi connectivity index (χ3v) is 3.22. The van der Waals surface area contributed by atoms with E-state index >= 15 is 0 Å². The number of carbonyl (C=O) groups is 1. The zero-order valence-corrected chi connectivity index (χ0v) is 9.56. The largest absolute Gasteiger partial charge is 0.490 e. The fourth-order valence-electron chi connectivity index (χ4n) is 2.24. The van der Waals surface area contributed by atoms with Gasteiger partial charge in [0.25, 0.3) is 0 Å². The molecule has 0 heterocycles. The number of rotatable bonds is 4. The number of carbonyl (C=O) groups excluding carboxylic acids is 1. The first-order valence-corrected chi connectivity index (χ1v) is 5.84. The second-order valence-corrected chi connectivity index (χ2v) is 4.45. The average molecular weight is 237 g/mol. The van der Waals surface area contributed by atoms with Crippen LogP contribution in [0.1, 0.15) is 29.6 Å². The molecule has 1 aromatic rings. The van der Waals surface area contributed by atoms with Gasteiger partial charge in [-0.3, -0.25) is 4.79 Å². The molecule has 1 aliphatic carbocycles. The van der Waals surface area contributed by atoms with Crippen LogP contribution in [0.5, 0.6) is 5.75 Å². The third kappa shape index (κ3) is 2.82. The molecule has 3 nitrogen and oxygen atoms in total. The highest BCUT2D eigenvalue weighted by Crippen LogP contribution is 2.30. The van der Waals surface area contributed by atoms with E-state index in [9.17, 15) is 9.18 Å². The van der Waals surface area contributed by atoms with Gasteiger partial charge in [0.05, 0.1) is 11.7 Å². The van der Waals surface area contributed by atoms with Crippen LogP contribution in [-0.2, 0) is 0 Å². The Morgan fingerprint density at radius 3 is 2.94 bits per heavy atom. The Bertz CT molecular complexity index is 408. The molecule has 0 spiro atoms. The Balaban J connectivity index is 2.08. The van der Waals surface area contributed by atoms with Gasteiger partial charge < -0.3 is 10.5 Å². The molecule has 0 aromatic heterocycles. The number of ether oxygens (including phenoxy) is 1. The van der Waals surface area contributed by atoms with Gasteiger partial charge in [-0.25, -0.2) is 4.39 Å². The minimum atomic E-state index is -0.390. The summed E-state index contributed by atoms with van der Waals surface area (Å²) in [6.45, 7) is 0.656. The summed E-state index contributed by atoms with van der Waals surface area (Å²) in [5.74, 6) is 0.426. The zero-order chi connectivity index (χ0) is 12.3. The molecule has 1 saturated carbocycles. The number of aldehydes is 1. The molecule has 1 fully saturated rings. The summed E-state index contributed by atoms with van der Waals surface area (Å²) in [6.07, 6.45) is 3.56. The maximum Gasteiger partial charge on any atom is 0.153 e. The van der Waals surface area contributed by atoms with E-state index in [0.717, 1.165) is 19.3 Å². The molecule has 2 unspecified atom stereocenters. The SMILES string of the molecule is NCC1CCC(Oc2cc(F)ccc2C=O)C1. The van der Waals surface area contributed by atoms with Crippen LogP contribution in [0, 0.1) is 11.7 Å². The number of nitrogens with two attached hydrogens (primary N) is 1. The van der Waals surface area contributed by atoms with E-state index < -0.39 is 0 Å². The summed E-state index contributed by atoms with van der Waals surface area (Å²) in [5, 5.41) is 0. The molecule has 0 saturated heterocycles. The normalized spacial score (nSPS) is 23.6. The van der Waals surface area contributed by atoms with Crippen LogP contribution in [0.25, 0.3) is 0 Å². The lowest BCUT2D eigenvalue weighted by atomic mass is 10.1. The van der Waals surface area contributed by atoms with Gasteiger partial charge in [-0.05, 0) is 43.9 Å². The second-order valence-electron chi connectivity index (χ2n) is 4.45. The van der Waals surface area contributed by atoms with Crippen molar-refractivity contribution in [2.75, 3.05) is 6.54 Å². The Kier molecular flexibility index (Phi) is 3.74. The highest BCUT2D eigenvalue weighted by molar-refractivity contribution is 5.79. The van der Waals surface area contributed by atoms with Crippen molar-refractivity contribution in [2.45, 2.75) is 25.4 Å². The summed E-state index contributed by atoms with van der Waals surface area (Å²) in [7, 11) is 0. The van der Waals surface area contributed by atoms with E-state index in [1.807, 2.05) is 0 Å². The molecular weight excluding hydrogens is 221 g/mol. The highest BCUT2D eigenvalue weighted by Gasteiger charge is 2.25. The molecule has 2 N–H and O–H groups in total. The quantitative estimate of drug-likeness (QED) is 0.816. The minimum absolute atomic E-state index is 0.0454. The summed E-state index contributed by atoms with van der Waals surface area (Å²) in [6, 6.07) is 3.96. The molecule has 0 amide bonds. The van der Waals surface area contributed by atoms with Crippen LogP contribution >= 0.6 is 0 Å². The van der Waals surface area contributed by atoms with Crippen LogP contribution in [0.4, 0.5) is 4.39 Å². The number of hydrogen-bond acceptors (Lipinski definition) is 3. The van der Waals surface area contributed by atoms with Gasteiger partial charge in [-0.2, -0.15) is 0 Å². The predicted molar refractivity (Wildman–Crippen MR) is 62.6 cm³/mol. The maximum absolute atomic E-state index is 13.1. The summed E-state index contributed by atoms with van der Waals surface area (Å²) in [5.41, 5.74) is 5.99. The van der Waals surface area contributed by atoms with E-state index in [1.54, 1.807) is 0 Å². The molecule has 1 aliphatic rings. The molecule has 17 heavy (non-hydrogen) atoms. The number of halogens is 1. The van der Waals surface area contributed by atoms with E-state index in [-0.39, 0.29) is 11.9 Å². The molecule has 0 aliphatic heterocycles. The van der Waals surface area contributed by atoms with Crippen LogP contribution in [0.3, 0.4) is 0 Å². The molecule has 1 aromatic carbocycles. The monoisotopic (exact) mass is 237 g/mol. The topological polar surface area (TPSA) is 52.3 Å². The lowest BCUT2D eigenvalue weighted by Gasteiger charge is -2.15. The first kappa shape index (κ1) is 12.0. The molecule has 2 atom stereocenters. The molecule has 0 radical (unpaired) electrons. The summed E-state index contributed by atoms with van der Waals surface area (Å²) >= 11 is 0. The van der Waals surface area contributed by atoms with Gasteiger partial charge in [0.15, 0.2) is 6.29 Å². The maximum atomic E-state index is 13.1. The van der Waals surface area contributed by atoms with Crippen molar-refractivity contribution >= 4 is 6.29 Å². The van der Waals surface area contributed by atoms with Crippen molar-refractivity contribution < 1.29 is 13.9 Å². The van der Waals surface area contributed by atoms with Crippen molar-refractivity contribution in [1.29, 1.82) is 0 Å². The molecule has 92 valence electrons. The van der Waals surface area contributed by atoms with Crippen LogP contribution in [0.2, 0.25) is 0 Å². The van der Waals surface area contributed by atoms with Gasteiger partial charge in [-0.1, -0.05) is 0 Å². The number of hydrogen-bond donors (Lipinski definition) is 1. The molecule has 2 rings (SSSR count). The predicted octanol–water partition coefficient (Wildman–Crippen LogP) is 2.14. The summed E-state index contributed by atoms with van der Waals surface area (Å²) in [4.78, 5) is 10.8. The van der Waals surface area contributed by atoms with E-state index in [0.29, 0.717) is 30.1 Å². The lowest BCUT2D eigenvalue weighted by Crippen LogP contribution is -2.16. The number of benzene rings is 1. The van der Waals surface area contributed by atoms with E-state index in [1.165, 1.54) is 18.2 Å². The Morgan fingerprint density at radius 2 is 2.29 bits per heavy atom. The van der Waals surface area contributed by atoms with Gasteiger partial charge >= 0.3 is 0 Å². The zero-order valence-electron chi connectivity index (χ0n) is 9.56. The van der Waals surface area contributed by atoms with Crippen molar-refractivity contribution in [1.82, 2.24) is 0 Å². The average Bonchev–Trinajstić information content (AvgIpc) is 2.77. The summed E-state index contributed by atoms with van der Waals surface area (Å²) < 4.78 is 18.8. The Hall–Kier alpha value is -1.42. The second kappa shape index (κ2) is 5.27. The van der Waals surface area contributed by atoms with Gasteiger partial charge in [0.1, 0.15) is 11.6 Å². The van der Waals surface area contributed by atoms with Gasteiger partial charge in [0.2, 0.25) is 0 Å². The van der Waals surface area contributed by atoms with Crippen LogP contribution in [0.15, 0.2) is 18.2 Å². The molecule has 4 heteroatoms. The molecular formula is C13H16FNO2. The van der Waals surface area contributed by atoms with Crippen molar-refractivity contribution in [3.8, 4) is 5.75 Å². The Labute approximate surface area is 99.8 Å². The molecule has 0 bridgehead atoms. The van der Waals surface area contributed by atoms with E-state index in [4.69, 9.17) is 10.5 Å². The van der Waals surface area contributed by atoms with Crippen molar-refractivity contribution in [3.05, 3.63) is 29.6 Å². The van der Waals surface area contributed by atoms with Gasteiger partial charge in [-0.15, -0.1) is 0 Å². The first-order chi connectivity index (χ1) is 8.22. The smallest absolute Gasteiger partial charge is 0.153 e. The lowest BCUT2D eigenvalue weighted by molar-refractivity contribution is 0.111. The van der Waals surface area contributed by atoms with Crippen LogP contribution in [-0.4, -0.2) is 18.9 Å². The Morgan fingerprint density at radius 1 is 1.47 bits per heavy atom. The minimum Gasteiger partial charge on any atom is -0.490 e. The van der Waals surface area contributed by atoms with Gasteiger partial charge in [0, 0.05) is 6.07 Å². The fourth-order valence-corrected chi connectivity index (χ4v) is 2.24. The fraction of sp³-hybridized carbons (Fsp3) is 0.462. The van der Waals surface area contributed by atoms with Crippen molar-refractivity contribution in [3.63, 3.8) is 0 Å². The van der Waals surface area contributed by atoms with Crippen LogP contribution < -0.4 is 10.5 Å².